The van der Waals surface area contributed by atoms with Crippen molar-refractivity contribution in [2.45, 2.75) is 296 Å². The summed E-state index contributed by atoms with van der Waals surface area (Å²) >= 11 is 1.28. The molecule has 1 saturated heterocycles. The summed E-state index contributed by atoms with van der Waals surface area (Å²) in [6.45, 7) is 20.5. The first kappa shape index (κ1) is 119. The molecule has 1 fully saturated rings. The maximum Gasteiger partial charge on any atom is 0.328 e. The van der Waals surface area contributed by atoms with Crippen LogP contribution in [0.1, 0.15) is 163 Å². The number of hydrogen-bond donors (Lipinski definition) is 28. The first-order valence-electron chi connectivity index (χ1n) is 43.3. The number of aliphatic hydroxyl groups excluding tert-OH is 7. The molecule has 132 heavy (non-hydrogen) atoms. The Morgan fingerprint density at radius 3 is 1.10 bits per heavy atom. The molecular formula is C81H141N21O29S. The van der Waals surface area contributed by atoms with Gasteiger partial charge < -0.3 is 153 Å². The second-order valence-electron chi connectivity index (χ2n) is 34.5. The number of likely N-dealkylation sites (tertiary alicyclic amines) is 1. The minimum Gasteiger partial charge on any atom is -0.480 e. The predicted molar refractivity (Wildman–Crippen MR) is 472 cm³/mol. The number of hydrogen-bond acceptors (Lipinski definition) is 30. The van der Waals surface area contributed by atoms with Crippen LogP contribution in [0.15, 0.2) is 0 Å². The van der Waals surface area contributed by atoms with E-state index in [4.69, 9.17) is 11.5 Å². The summed E-state index contributed by atoms with van der Waals surface area (Å²) in [7, 11) is 0. The molecule has 30 N–H and O–H groups in total. The highest BCUT2D eigenvalue weighted by atomic mass is 32.2. The van der Waals surface area contributed by atoms with Crippen molar-refractivity contribution in [3.8, 4) is 0 Å². The summed E-state index contributed by atoms with van der Waals surface area (Å²) in [5, 5.41) is 125. The van der Waals surface area contributed by atoms with Crippen LogP contribution in [0.4, 0.5) is 0 Å². The quantitative estimate of drug-likeness (QED) is 0.0269. The number of primary amides is 1. The smallest absolute Gasteiger partial charge is 0.328 e. The number of aliphatic hydroxyl groups is 7. The molecule has 22 atom stereocenters. The molecule has 0 bridgehead atoms. The van der Waals surface area contributed by atoms with Crippen LogP contribution >= 0.6 is 11.8 Å². The number of carboxylic acid groups (broad SMARTS) is 1. The zero-order valence-electron chi connectivity index (χ0n) is 78.0. The van der Waals surface area contributed by atoms with E-state index in [9.17, 15) is 142 Å². The Balaban J connectivity index is 3.22. The third-order valence-corrected chi connectivity index (χ3v) is 21.3. The summed E-state index contributed by atoms with van der Waals surface area (Å²) in [4.78, 5) is 284. The van der Waals surface area contributed by atoms with Crippen LogP contribution in [0.5, 0.6) is 0 Å². The number of nitrogens with two attached hydrogens (primary N) is 2. The van der Waals surface area contributed by atoms with E-state index >= 15 is 0 Å². The van der Waals surface area contributed by atoms with Crippen molar-refractivity contribution in [1.29, 1.82) is 0 Å². The van der Waals surface area contributed by atoms with Crippen LogP contribution in [0.3, 0.4) is 0 Å². The van der Waals surface area contributed by atoms with Gasteiger partial charge in [0.1, 0.15) is 96.7 Å². The number of thioether (sulfide) groups is 1. The second kappa shape index (κ2) is 58.0. The number of rotatable bonds is 58. The Kier molecular flexibility index (Phi) is 52.3. The van der Waals surface area contributed by atoms with Crippen LogP contribution in [-0.2, 0) is 101 Å². The summed E-state index contributed by atoms with van der Waals surface area (Å²) in [5.74, 6) is -25.5. The van der Waals surface area contributed by atoms with Gasteiger partial charge >= 0.3 is 5.97 Å². The molecule has 0 aromatic carbocycles. The largest absolute Gasteiger partial charge is 0.480 e. The van der Waals surface area contributed by atoms with E-state index < -0.39 is 333 Å². The molecule has 0 spiro atoms. The molecule has 1 aliphatic heterocycles. The topological polar surface area (TPSA) is 792 Å². The molecule has 1 aliphatic rings. The Morgan fingerprint density at radius 1 is 0.356 bits per heavy atom. The van der Waals surface area contributed by atoms with Crippen molar-refractivity contribution in [2.24, 2.45) is 47.0 Å². The SMILES string of the molecule is CSCC[C@H](NC(=O)[C@@H](NC(=O)[C@H](CC(C)C)NC(=O)[C@H](C)N)C(C)C)C(=O)N[C@H](C(=O)N[C@@H](CCC(N)=O)C(=O)N[C@H](C(=O)N1CCC[C@H]1C(=O)N[C@@H](CO)C(=O)N[C@@H](CO)C(=O)N[C@H](C(=O)N[C@@H](CO)C(=O)N[C@@H](C)C(=O)N[C@H](C(=O)N[C@H](C(=O)NCC(=O)NCC(=O)N[C@H](C(=O)N[C@H](C(=O)N[C@H](C(=O)O)[C@@H](C)O)C(C)C)[C@@H](C)O)C(C)C)C(C)C)C(C)C)[C@@H](C)O)[C@@H](C)O. The minimum absolute atomic E-state index is 0.0599. The van der Waals surface area contributed by atoms with Crippen LogP contribution in [0.2, 0.25) is 0 Å². The van der Waals surface area contributed by atoms with E-state index in [0.717, 1.165) is 32.6 Å². The van der Waals surface area contributed by atoms with Gasteiger partial charge in [-0.15, -0.1) is 0 Å². The van der Waals surface area contributed by atoms with Gasteiger partial charge in [-0.1, -0.05) is 83.1 Å². The standard InChI is InChI=1S/C81H141N21O29S/c1-33(2)27-47(89-64(113)39(13)82)68(117)95-56(35(5)6)74(123)88-46(24-26-132-19)67(116)99-61(42(16)107)78(127)87-45(22-23-52(83)110)66(115)100-62(43(17)108)80(129)102-25-20-21-51(102)72(121)91-49(31-104)70(119)90-50(32-105)71(120)96-57(36(7)8)75(124)92-48(30-103)69(118)86-40(14)65(114)94-58(37(9)10)76(125)97-55(34(3)4)73(122)85-28-53(111)84-29-54(112)93-60(41(15)106)79(128)98-59(38(11)12)77(126)101-63(44(18)109)81(130)131/h33-51,55-63,103-109H,20-32,82H2,1-19H3,(H2,83,110)(H,84,111)(H,85,122)(H,86,118)(H,87,127)(H,88,123)(H,89,113)(H,90,119)(H,91,121)(H,92,124)(H,93,112)(H,94,114)(H,95,117)(H,96,120)(H,97,125)(H,98,128)(H,99,116)(H,100,115)(H,101,126)(H,130,131)/t39-,40-,41+,42+,43+,44+,45-,46-,47-,48-,49-,50-,51-,55-,56-,57-,58-,59-,60-,61-,62-,63-/m0/s1. The molecule has 20 amide bonds. The first-order valence-corrected chi connectivity index (χ1v) is 44.7. The summed E-state index contributed by atoms with van der Waals surface area (Å²) in [6, 6.07) is -28.4. The molecule has 0 aromatic rings. The third kappa shape index (κ3) is 39.8. The molecule has 51 heteroatoms. The Bertz CT molecular complexity index is 3970. The van der Waals surface area contributed by atoms with Gasteiger partial charge in [-0.3, -0.25) is 95.9 Å². The Hall–Kier alpha value is -11.1. The van der Waals surface area contributed by atoms with Crippen LogP contribution in [-0.4, -0.2) is 354 Å². The van der Waals surface area contributed by atoms with Gasteiger partial charge in [0, 0.05) is 13.0 Å². The fourth-order valence-electron chi connectivity index (χ4n) is 12.9. The van der Waals surface area contributed by atoms with Crippen molar-refractivity contribution in [3.05, 3.63) is 0 Å². The molecule has 750 valence electrons. The summed E-state index contributed by atoms with van der Waals surface area (Å²) < 4.78 is 0. The molecule has 0 aromatic heterocycles. The van der Waals surface area contributed by atoms with E-state index in [0.29, 0.717) is 0 Å². The van der Waals surface area contributed by atoms with Crippen molar-refractivity contribution >= 4 is 136 Å². The molecule has 0 radical (unpaired) electrons. The average molecular weight is 1910 g/mol. The lowest BCUT2D eigenvalue weighted by molar-refractivity contribution is -0.145. The maximum absolute atomic E-state index is 14.4. The molecule has 0 aliphatic carbocycles. The van der Waals surface area contributed by atoms with Gasteiger partial charge in [0.05, 0.1) is 63.4 Å². The fourth-order valence-corrected chi connectivity index (χ4v) is 13.3. The number of carboxylic acids is 1. The molecule has 0 unspecified atom stereocenters. The Morgan fingerprint density at radius 2 is 0.682 bits per heavy atom. The van der Waals surface area contributed by atoms with E-state index in [2.05, 4.69) is 95.7 Å². The van der Waals surface area contributed by atoms with Gasteiger partial charge in [-0.25, -0.2) is 4.79 Å². The molecular weight excluding hydrogens is 1760 g/mol. The summed E-state index contributed by atoms with van der Waals surface area (Å²) in [6.07, 6.45) is -6.01. The van der Waals surface area contributed by atoms with Gasteiger partial charge in [-0.2, -0.15) is 11.8 Å². The fraction of sp³-hybridized carbons (Fsp3) is 0.741. The Labute approximate surface area is 769 Å². The summed E-state index contributed by atoms with van der Waals surface area (Å²) in [5.41, 5.74) is 11.2. The number of aliphatic carboxylic acids is 1. The average Bonchev–Trinajstić information content (AvgIpc) is 1.66. The van der Waals surface area contributed by atoms with E-state index in [1.54, 1.807) is 20.1 Å². The molecule has 0 saturated carbocycles. The van der Waals surface area contributed by atoms with E-state index in [-0.39, 0.29) is 43.9 Å². The van der Waals surface area contributed by atoms with Crippen molar-refractivity contribution in [3.63, 3.8) is 0 Å². The minimum atomic E-state index is -1.95. The van der Waals surface area contributed by atoms with Gasteiger partial charge in [0.15, 0.2) is 6.04 Å². The number of carbonyl (C=O) groups excluding carboxylic acids is 20. The van der Waals surface area contributed by atoms with Gasteiger partial charge in [0.2, 0.25) is 118 Å². The van der Waals surface area contributed by atoms with Crippen LogP contribution < -0.4 is 107 Å². The lowest BCUT2D eigenvalue weighted by Gasteiger charge is -2.32. The number of nitrogens with one attached hydrogen (secondary N) is 18. The zero-order valence-corrected chi connectivity index (χ0v) is 78.8. The lowest BCUT2D eigenvalue weighted by atomic mass is 9.99. The van der Waals surface area contributed by atoms with Crippen molar-refractivity contribution in [1.82, 2.24) is 101 Å². The predicted octanol–water partition coefficient (Wildman–Crippen LogP) is -11.7. The normalized spacial score (nSPS) is 17.4. The number of amides is 20. The zero-order chi connectivity index (χ0) is 101. The first-order chi connectivity index (χ1) is 61.3. The molecule has 1 rings (SSSR count). The molecule has 50 nitrogen and oxygen atoms in total. The van der Waals surface area contributed by atoms with Crippen LogP contribution in [0.25, 0.3) is 0 Å². The van der Waals surface area contributed by atoms with Crippen molar-refractivity contribution in [2.75, 3.05) is 51.5 Å². The maximum atomic E-state index is 14.4. The van der Waals surface area contributed by atoms with E-state index in [1.165, 1.54) is 81.0 Å². The lowest BCUT2D eigenvalue weighted by Crippen LogP contribution is -2.63. The number of carbonyl (C=O) groups is 21. The highest BCUT2D eigenvalue weighted by Crippen LogP contribution is 2.21. The van der Waals surface area contributed by atoms with Crippen molar-refractivity contribution < 1.29 is 142 Å². The van der Waals surface area contributed by atoms with Gasteiger partial charge in [0.25, 0.3) is 0 Å². The highest BCUT2D eigenvalue weighted by Gasteiger charge is 2.45. The van der Waals surface area contributed by atoms with Gasteiger partial charge in [-0.05, 0) is 121 Å². The number of nitrogens with zero attached hydrogens (tertiary/aromatic N) is 1. The molecule has 1 heterocycles. The third-order valence-electron chi connectivity index (χ3n) is 20.7. The van der Waals surface area contributed by atoms with Crippen LogP contribution in [0, 0.1) is 35.5 Å². The highest BCUT2D eigenvalue weighted by molar-refractivity contribution is 7.98. The van der Waals surface area contributed by atoms with E-state index in [1.807, 2.05) is 13.8 Å². The second-order valence-corrected chi connectivity index (χ2v) is 35.5. The monoisotopic (exact) mass is 1900 g/mol.